The van der Waals surface area contributed by atoms with Crippen molar-refractivity contribution in [3.8, 4) is 27.9 Å². The number of hydrogen-bond acceptors (Lipinski definition) is 1. The van der Waals surface area contributed by atoms with E-state index in [1.54, 1.807) is 0 Å². The van der Waals surface area contributed by atoms with Gasteiger partial charge in [0.2, 0.25) is 0 Å². The Balaban J connectivity index is 1.22. The van der Waals surface area contributed by atoms with Crippen molar-refractivity contribution in [3.63, 3.8) is 0 Å². The first-order valence-corrected chi connectivity index (χ1v) is 17.8. The highest BCUT2D eigenvalue weighted by atomic mass is 15.1. The molecule has 51 heavy (non-hydrogen) atoms. The van der Waals surface area contributed by atoms with Gasteiger partial charge in [-0.05, 0) is 98.8 Å². The number of anilines is 3. The number of benzene rings is 8. The van der Waals surface area contributed by atoms with Gasteiger partial charge in [-0.1, -0.05) is 141 Å². The van der Waals surface area contributed by atoms with Gasteiger partial charge >= 0.3 is 0 Å². The van der Waals surface area contributed by atoms with Crippen molar-refractivity contribution in [2.24, 2.45) is 0 Å². The molecule has 0 N–H and O–H groups in total. The first-order valence-electron chi connectivity index (χ1n) is 17.8. The van der Waals surface area contributed by atoms with Crippen LogP contribution in [0.4, 0.5) is 17.1 Å². The quantitative estimate of drug-likeness (QED) is 0.180. The molecule has 1 aliphatic rings. The lowest BCUT2D eigenvalue weighted by Crippen LogP contribution is -2.14. The molecule has 1 heterocycles. The van der Waals surface area contributed by atoms with Gasteiger partial charge in [-0.2, -0.15) is 0 Å². The lowest BCUT2D eigenvalue weighted by Gasteiger charge is -2.27. The maximum Gasteiger partial charge on any atom is 0.0561 e. The van der Waals surface area contributed by atoms with Gasteiger partial charge in [0.25, 0.3) is 0 Å². The summed E-state index contributed by atoms with van der Waals surface area (Å²) in [5, 5.41) is 5.04. The number of nitrogens with zero attached hydrogens (tertiary/aromatic N) is 2. The van der Waals surface area contributed by atoms with Crippen LogP contribution in [0, 0.1) is 0 Å². The molecule has 2 nitrogen and oxygen atoms in total. The Bertz CT molecular complexity index is 2750. The van der Waals surface area contributed by atoms with Gasteiger partial charge in [-0.15, -0.1) is 0 Å². The summed E-state index contributed by atoms with van der Waals surface area (Å²) in [6.07, 6.45) is 0. The van der Waals surface area contributed by atoms with Crippen LogP contribution in [0.3, 0.4) is 0 Å². The highest BCUT2D eigenvalue weighted by Crippen LogP contribution is 2.52. The van der Waals surface area contributed by atoms with Crippen LogP contribution in [0.5, 0.6) is 0 Å². The Morgan fingerprint density at radius 3 is 1.86 bits per heavy atom. The minimum atomic E-state index is -0.0566. The third-order valence-electron chi connectivity index (χ3n) is 11.0. The van der Waals surface area contributed by atoms with Gasteiger partial charge in [0.1, 0.15) is 0 Å². The van der Waals surface area contributed by atoms with E-state index in [-0.39, 0.29) is 5.41 Å². The molecular weight excluding hydrogens is 617 g/mol. The third-order valence-corrected chi connectivity index (χ3v) is 11.0. The second kappa shape index (κ2) is 11.3. The summed E-state index contributed by atoms with van der Waals surface area (Å²) < 4.78 is 2.40. The molecule has 9 aromatic rings. The Labute approximate surface area is 298 Å². The van der Waals surface area contributed by atoms with Crippen molar-refractivity contribution in [2.75, 3.05) is 4.90 Å². The minimum Gasteiger partial charge on any atom is -0.310 e. The maximum atomic E-state index is 2.42. The Kier molecular flexibility index (Phi) is 6.56. The smallest absolute Gasteiger partial charge is 0.0561 e. The fourth-order valence-corrected chi connectivity index (χ4v) is 8.48. The first kappa shape index (κ1) is 29.5. The van der Waals surface area contributed by atoms with Gasteiger partial charge in [-0.3, -0.25) is 0 Å². The van der Waals surface area contributed by atoms with Gasteiger partial charge < -0.3 is 9.47 Å². The highest BCUT2D eigenvalue weighted by molar-refractivity contribution is 6.11. The monoisotopic (exact) mass is 652 g/mol. The summed E-state index contributed by atoms with van der Waals surface area (Å²) >= 11 is 0. The Hall–Kier alpha value is -6.38. The van der Waals surface area contributed by atoms with Crippen molar-refractivity contribution in [2.45, 2.75) is 19.3 Å². The van der Waals surface area contributed by atoms with E-state index in [9.17, 15) is 0 Å². The summed E-state index contributed by atoms with van der Waals surface area (Å²) in [5.41, 5.74) is 14.7. The molecule has 0 radical (unpaired) electrons. The first-order chi connectivity index (χ1) is 25.1. The van der Waals surface area contributed by atoms with Crippen LogP contribution in [0.25, 0.3) is 60.5 Å². The summed E-state index contributed by atoms with van der Waals surface area (Å²) in [7, 11) is 0. The molecule has 0 aliphatic heterocycles. The SMILES string of the molecule is CC1(C)c2ccccc2-c2c1ccc1ccc(N(c3ccc(-c4ccccc4)cc3)c3ccc4c5ccccc5n(-c5ccccc5)c4c3)cc21. The van der Waals surface area contributed by atoms with E-state index in [1.807, 2.05) is 0 Å². The number of para-hydroxylation sites is 2. The topological polar surface area (TPSA) is 8.17 Å². The molecule has 10 rings (SSSR count). The lowest BCUT2D eigenvalue weighted by molar-refractivity contribution is 0.661. The molecule has 8 aromatic carbocycles. The second-order valence-electron chi connectivity index (χ2n) is 14.2. The largest absolute Gasteiger partial charge is 0.310 e. The molecule has 0 atom stereocenters. The van der Waals surface area contributed by atoms with Gasteiger partial charge in [-0.25, -0.2) is 0 Å². The van der Waals surface area contributed by atoms with Crippen LogP contribution in [-0.4, -0.2) is 4.57 Å². The average molecular weight is 653 g/mol. The zero-order valence-electron chi connectivity index (χ0n) is 28.7. The highest BCUT2D eigenvalue weighted by Gasteiger charge is 2.36. The fraction of sp³-hybridized carbons (Fsp3) is 0.0612. The van der Waals surface area contributed by atoms with Gasteiger partial charge in [0.15, 0.2) is 0 Å². The molecule has 0 saturated heterocycles. The Morgan fingerprint density at radius 2 is 1.04 bits per heavy atom. The Morgan fingerprint density at radius 1 is 0.431 bits per heavy atom. The van der Waals surface area contributed by atoms with Crippen LogP contribution < -0.4 is 4.90 Å². The van der Waals surface area contributed by atoms with E-state index in [0.29, 0.717) is 0 Å². The molecule has 0 saturated carbocycles. The molecular formula is C49H36N2. The summed E-state index contributed by atoms with van der Waals surface area (Å²) in [5.74, 6) is 0. The van der Waals surface area contributed by atoms with Crippen molar-refractivity contribution in [1.82, 2.24) is 4.57 Å². The molecule has 0 spiro atoms. The number of hydrogen-bond donors (Lipinski definition) is 0. The molecule has 1 aliphatic carbocycles. The molecule has 0 bridgehead atoms. The zero-order chi connectivity index (χ0) is 34.1. The van der Waals surface area contributed by atoms with Crippen LogP contribution in [-0.2, 0) is 5.41 Å². The number of fused-ring (bicyclic) bond motifs is 8. The van der Waals surface area contributed by atoms with E-state index >= 15 is 0 Å². The van der Waals surface area contributed by atoms with Crippen LogP contribution >= 0.6 is 0 Å². The maximum absolute atomic E-state index is 2.42. The van der Waals surface area contributed by atoms with Crippen molar-refractivity contribution in [1.29, 1.82) is 0 Å². The standard InChI is InChI=1S/C49H36N2/c1-49(2)44-19-11-9-18-42(44)48-43-31-38(27-23-35(43)24-30-45(48)49)50(37-25-21-34(22-26-37)33-13-5-3-6-14-33)39-28-29-41-40-17-10-12-20-46(40)51(47(41)32-39)36-15-7-4-8-16-36/h3-32H,1-2H3. The number of rotatable bonds is 5. The predicted octanol–water partition coefficient (Wildman–Crippen LogP) is 13.4. The average Bonchev–Trinajstić information content (AvgIpc) is 3.64. The van der Waals surface area contributed by atoms with E-state index < -0.39 is 0 Å². The molecule has 0 unspecified atom stereocenters. The van der Waals surface area contributed by atoms with Gasteiger partial charge in [0, 0.05) is 38.9 Å². The third kappa shape index (κ3) is 4.57. The lowest BCUT2D eigenvalue weighted by atomic mass is 9.82. The van der Waals surface area contributed by atoms with Gasteiger partial charge in [0.05, 0.1) is 11.0 Å². The van der Waals surface area contributed by atoms with E-state index in [2.05, 4.69) is 205 Å². The van der Waals surface area contributed by atoms with Crippen LogP contribution in [0.2, 0.25) is 0 Å². The van der Waals surface area contributed by atoms with Crippen LogP contribution in [0.15, 0.2) is 182 Å². The van der Waals surface area contributed by atoms with Crippen LogP contribution in [0.1, 0.15) is 25.0 Å². The van der Waals surface area contributed by atoms with Crippen molar-refractivity contribution < 1.29 is 0 Å². The minimum absolute atomic E-state index is 0.0566. The van der Waals surface area contributed by atoms with E-state index in [4.69, 9.17) is 0 Å². The predicted molar refractivity (Wildman–Crippen MR) is 216 cm³/mol. The molecule has 0 amide bonds. The number of aromatic nitrogens is 1. The molecule has 0 fully saturated rings. The molecule has 242 valence electrons. The molecule has 2 heteroatoms. The normalized spacial score (nSPS) is 13.1. The van der Waals surface area contributed by atoms with Crippen molar-refractivity contribution >= 4 is 49.6 Å². The van der Waals surface area contributed by atoms with Crippen molar-refractivity contribution in [3.05, 3.63) is 193 Å². The fourth-order valence-electron chi connectivity index (χ4n) is 8.48. The summed E-state index contributed by atoms with van der Waals surface area (Å²) in [6, 6.07) is 66.6. The summed E-state index contributed by atoms with van der Waals surface area (Å²) in [6.45, 7) is 4.71. The summed E-state index contributed by atoms with van der Waals surface area (Å²) in [4.78, 5) is 2.42. The molecule has 1 aromatic heterocycles. The van der Waals surface area contributed by atoms with E-state index in [0.717, 1.165) is 22.7 Å². The van der Waals surface area contributed by atoms with E-state index in [1.165, 1.54) is 66.0 Å². The zero-order valence-corrected chi connectivity index (χ0v) is 28.7. The second-order valence-corrected chi connectivity index (χ2v) is 14.2.